The van der Waals surface area contributed by atoms with Gasteiger partial charge >= 0.3 is 0 Å². The molecule has 2 aromatic rings. The molecular formula is C16H21N3. The fourth-order valence-corrected chi connectivity index (χ4v) is 2.56. The summed E-state index contributed by atoms with van der Waals surface area (Å²) in [6.45, 7) is 4.83. The lowest BCUT2D eigenvalue weighted by Crippen LogP contribution is -2.26. The lowest BCUT2D eigenvalue weighted by atomic mass is 10.1. The van der Waals surface area contributed by atoms with Gasteiger partial charge in [0, 0.05) is 25.0 Å². The van der Waals surface area contributed by atoms with Crippen LogP contribution >= 0.6 is 0 Å². The number of rotatable bonds is 5. The lowest BCUT2D eigenvalue weighted by molar-refractivity contribution is 0.732. The van der Waals surface area contributed by atoms with Gasteiger partial charge in [-0.15, -0.1) is 0 Å². The van der Waals surface area contributed by atoms with Crippen LogP contribution in [-0.2, 0) is 6.54 Å². The summed E-state index contributed by atoms with van der Waals surface area (Å²) in [4.78, 5) is 7.17. The number of anilines is 1. The fraction of sp³-hybridized carbons (Fsp3) is 0.438. The zero-order valence-electron chi connectivity index (χ0n) is 11.5. The molecule has 2 N–H and O–H groups in total. The van der Waals surface area contributed by atoms with Crippen LogP contribution in [0.3, 0.4) is 0 Å². The predicted octanol–water partition coefficient (Wildman–Crippen LogP) is 2.93. The first-order chi connectivity index (χ1) is 9.31. The van der Waals surface area contributed by atoms with Crippen LogP contribution in [0, 0.1) is 5.92 Å². The summed E-state index contributed by atoms with van der Waals surface area (Å²) in [5.41, 5.74) is 6.76. The highest BCUT2D eigenvalue weighted by Crippen LogP contribution is 2.33. The van der Waals surface area contributed by atoms with Crippen LogP contribution in [0.2, 0.25) is 0 Å². The Balaban J connectivity index is 2.07. The van der Waals surface area contributed by atoms with E-state index in [1.807, 2.05) is 0 Å². The second-order valence-electron chi connectivity index (χ2n) is 5.34. The standard InChI is InChI=1S/C16H21N3/c1-2-19(11-12-7-8-12)16-15-6-4-3-5-13(15)9-14(10-17)18-16/h3-6,9,12H,2,7-8,10-11,17H2,1H3. The first-order valence-corrected chi connectivity index (χ1v) is 7.15. The van der Waals surface area contributed by atoms with Crippen molar-refractivity contribution in [3.05, 3.63) is 36.0 Å². The number of nitrogens with zero attached hydrogens (tertiary/aromatic N) is 2. The second-order valence-corrected chi connectivity index (χ2v) is 5.34. The Morgan fingerprint density at radius 2 is 2.11 bits per heavy atom. The molecule has 1 aliphatic carbocycles. The second kappa shape index (κ2) is 5.17. The molecule has 0 radical (unpaired) electrons. The molecule has 3 rings (SSSR count). The Kier molecular flexibility index (Phi) is 3.38. The van der Waals surface area contributed by atoms with E-state index in [1.54, 1.807) is 0 Å². The minimum absolute atomic E-state index is 0.499. The third kappa shape index (κ3) is 2.56. The topological polar surface area (TPSA) is 42.2 Å². The summed E-state index contributed by atoms with van der Waals surface area (Å²) in [6, 6.07) is 10.6. The number of benzene rings is 1. The number of fused-ring (bicyclic) bond motifs is 1. The van der Waals surface area contributed by atoms with Crippen molar-refractivity contribution in [1.82, 2.24) is 4.98 Å². The average molecular weight is 255 g/mol. The van der Waals surface area contributed by atoms with E-state index in [9.17, 15) is 0 Å². The third-order valence-electron chi connectivity index (χ3n) is 3.84. The molecule has 0 saturated heterocycles. The molecule has 1 fully saturated rings. The molecular weight excluding hydrogens is 234 g/mol. The maximum absolute atomic E-state index is 5.78. The van der Waals surface area contributed by atoms with E-state index in [4.69, 9.17) is 10.7 Å². The van der Waals surface area contributed by atoms with E-state index in [1.165, 1.54) is 23.6 Å². The van der Waals surface area contributed by atoms with Crippen LogP contribution < -0.4 is 10.6 Å². The van der Waals surface area contributed by atoms with Crippen molar-refractivity contribution in [2.75, 3.05) is 18.0 Å². The van der Waals surface area contributed by atoms with Gasteiger partial charge < -0.3 is 10.6 Å². The summed E-state index contributed by atoms with van der Waals surface area (Å²) in [5.74, 6) is 1.97. The minimum Gasteiger partial charge on any atom is -0.356 e. The maximum Gasteiger partial charge on any atom is 0.136 e. The molecule has 1 aromatic carbocycles. The molecule has 0 bridgehead atoms. The molecule has 1 aromatic heterocycles. The minimum atomic E-state index is 0.499. The van der Waals surface area contributed by atoms with Gasteiger partial charge in [-0.2, -0.15) is 0 Å². The molecule has 1 saturated carbocycles. The summed E-state index contributed by atoms with van der Waals surface area (Å²) in [5, 5.41) is 2.48. The summed E-state index contributed by atoms with van der Waals surface area (Å²) < 4.78 is 0. The lowest BCUT2D eigenvalue weighted by Gasteiger charge is -2.24. The van der Waals surface area contributed by atoms with E-state index in [0.29, 0.717) is 6.54 Å². The van der Waals surface area contributed by atoms with Crippen molar-refractivity contribution in [2.45, 2.75) is 26.3 Å². The first kappa shape index (κ1) is 12.4. The van der Waals surface area contributed by atoms with Crippen molar-refractivity contribution in [2.24, 2.45) is 11.7 Å². The highest BCUT2D eigenvalue weighted by atomic mass is 15.2. The van der Waals surface area contributed by atoms with Gasteiger partial charge in [-0.05, 0) is 37.1 Å². The van der Waals surface area contributed by atoms with Gasteiger partial charge in [0.25, 0.3) is 0 Å². The van der Waals surface area contributed by atoms with Crippen molar-refractivity contribution < 1.29 is 0 Å². The van der Waals surface area contributed by atoms with Crippen LogP contribution in [0.5, 0.6) is 0 Å². The third-order valence-corrected chi connectivity index (χ3v) is 3.84. The normalized spacial score (nSPS) is 14.8. The summed E-state index contributed by atoms with van der Waals surface area (Å²) in [6.07, 6.45) is 2.73. The van der Waals surface area contributed by atoms with E-state index in [2.05, 4.69) is 42.2 Å². The molecule has 1 heterocycles. The molecule has 3 heteroatoms. The number of nitrogens with two attached hydrogens (primary N) is 1. The van der Waals surface area contributed by atoms with Gasteiger partial charge in [0.1, 0.15) is 5.82 Å². The summed E-state index contributed by atoms with van der Waals surface area (Å²) in [7, 11) is 0. The zero-order chi connectivity index (χ0) is 13.2. The molecule has 19 heavy (non-hydrogen) atoms. The van der Waals surface area contributed by atoms with Crippen LogP contribution in [-0.4, -0.2) is 18.1 Å². The number of aromatic nitrogens is 1. The first-order valence-electron chi connectivity index (χ1n) is 7.15. The van der Waals surface area contributed by atoms with Gasteiger partial charge in [0.2, 0.25) is 0 Å². The Bertz CT molecular complexity index is 575. The van der Waals surface area contributed by atoms with Gasteiger partial charge in [0.05, 0.1) is 5.69 Å². The molecule has 0 spiro atoms. The van der Waals surface area contributed by atoms with E-state index < -0.39 is 0 Å². The van der Waals surface area contributed by atoms with Gasteiger partial charge in [0.15, 0.2) is 0 Å². The highest BCUT2D eigenvalue weighted by molar-refractivity contribution is 5.92. The number of hydrogen-bond donors (Lipinski definition) is 1. The quantitative estimate of drug-likeness (QED) is 0.893. The zero-order valence-corrected chi connectivity index (χ0v) is 11.5. The van der Waals surface area contributed by atoms with Crippen molar-refractivity contribution in [1.29, 1.82) is 0 Å². The maximum atomic E-state index is 5.78. The Morgan fingerprint density at radius 3 is 2.79 bits per heavy atom. The Morgan fingerprint density at radius 1 is 1.32 bits per heavy atom. The molecule has 0 amide bonds. The predicted molar refractivity (Wildman–Crippen MR) is 80.2 cm³/mol. The molecule has 0 atom stereocenters. The monoisotopic (exact) mass is 255 g/mol. The van der Waals surface area contributed by atoms with E-state index in [-0.39, 0.29) is 0 Å². The van der Waals surface area contributed by atoms with Gasteiger partial charge in [-0.3, -0.25) is 0 Å². The van der Waals surface area contributed by atoms with Crippen molar-refractivity contribution >= 4 is 16.6 Å². The van der Waals surface area contributed by atoms with Crippen molar-refractivity contribution in [3.8, 4) is 0 Å². The molecule has 0 unspecified atom stereocenters. The largest absolute Gasteiger partial charge is 0.356 e. The van der Waals surface area contributed by atoms with Gasteiger partial charge in [-0.25, -0.2) is 4.98 Å². The van der Waals surface area contributed by atoms with Crippen LogP contribution in [0.25, 0.3) is 10.8 Å². The molecule has 0 aliphatic heterocycles. The van der Waals surface area contributed by atoms with Crippen LogP contribution in [0.15, 0.2) is 30.3 Å². The molecule has 3 nitrogen and oxygen atoms in total. The summed E-state index contributed by atoms with van der Waals surface area (Å²) >= 11 is 0. The smallest absolute Gasteiger partial charge is 0.136 e. The van der Waals surface area contributed by atoms with Crippen LogP contribution in [0.4, 0.5) is 5.82 Å². The number of pyridine rings is 1. The molecule has 100 valence electrons. The average Bonchev–Trinajstić information content (AvgIpc) is 3.27. The Labute approximate surface area is 114 Å². The molecule has 1 aliphatic rings. The SMILES string of the molecule is CCN(CC1CC1)c1nc(CN)cc2ccccc12. The van der Waals surface area contributed by atoms with Crippen molar-refractivity contribution in [3.63, 3.8) is 0 Å². The fourth-order valence-electron chi connectivity index (χ4n) is 2.56. The highest BCUT2D eigenvalue weighted by Gasteiger charge is 2.25. The van der Waals surface area contributed by atoms with Gasteiger partial charge in [-0.1, -0.05) is 24.3 Å². The van der Waals surface area contributed by atoms with E-state index in [0.717, 1.165) is 30.5 Å². The number of hydrogen-bond acceptors (Lipinski definition) is 3. The van der Waals surface area contributed by atoms with Crippen LogP contribution in [0.1, 0.15) is 25.5 Å². The van der Waals surface area contributed by atoms with E-state index >= 15 is 0 Å². The Hall–Kier alpha value is -1.61.